The summed E-state index contributed by atoms with van der Waals surface area (Å²) in [6.45, 7) is 1.73. The third kappa shape index (κ3) is 4.63. The van der Waals surface area contributed by atoms with Gasteiger partial charge in [-0.3, -0.25) is 9.59 Å². The second-order valence-corrected chi connectivity index (χ2v) is 5.36. The van der Waals surface area contributed by atoms with E-state index in [0.29, 0.717) is 28.4 Å². The van der Waals surface area contributed by atoms with Crippen molar-refractivity contribution in [2.24, 2.45) is 5.73 Å². The van der Waals surface area contributed by atoms with E-state index >= 15 is 0 Å². The second kappa shape index (κ2) is 8.05. The maximum Gasteiger partial charge on any atom is 0.248 e. The quantitative estimate of drug-likeness (QED) is 0.715. The van der Waals surface area contributed by atoms with Gasteiger partial charge in [-0.15, -0.1) is 0 Å². The van der Waals surface area contributed by atoms with Crippen LogP contribution >= 0.6 is 0 Å². The van der Waals surface area contributed by atoms with Crippen LogP contribution in [0.2, 0.25) is 0 Å². The van der Waals surface area contributed by atoms with Gasteiger partial charge in [0.1, 0.15) is 17.5 Å². The Hall–Kier alpha value is -3.22. The Morgan fingerprint density at radius 2 is 1.72 bits per heavy atom. The third-order valence-corrected chi connectivity index (χ3v) is 3.61. The van der Waals surface area contributed by atoms with Crippen molar-refractivity contribution in [2.45, 2.75) is 13.0 Å². The van der Waals surface area contributed by atoms with Gasteiger partial charge < -0.3 is 25.8 Å². The number of carbonyl (C=O) groups is 2. The summed E-state index contributed by atoms with van der Waals surface area (Å²) in [5, 5.41) is 5.86. The summed E-state index contributed by atoms with van der Waals surface area (Å²) < 4.78 is 10.5. The molecule has 0 heterocycles. The molecule has 7 heteroatoms. The zero-order chi connectivity index (χ0) is 18.4. The summed E-state index contributed by atoms with van der Waals surface area (Å²) in [5.74, 6) is 0.499. The molecule has 132 valence electrons. The van der Waals surface area contributed by atoms with E-state index in [-0.39, 0.29) is 5.91 Å². The van der Waals surface area contributed by atoms with Gasteiger partial charge in [-0.2, -0.15) is 0 Å². The van der Waals surface area contributed by atoms with Crippen LogP contribution in [-0.4, -0.2) is 32.1 Å². The Bertz CT molecular complexity index is 759. The number of hydrogen-bond acceptors (Lipinski definition) is 5. The van der Waals surface area contributed by atoms with Gasteiger partial charge >= 0.3 is 0 Å². The van der Waals surface area contributed by atoms with Crippen LogP contribution in [0.1, 0.15) is 17.3 Å². The molecule has 2 aromatic rings. The first kappa shape index (κ1) is 18.1. The number of methoxy groups -OCH3 is 2. The van der Waals surface area contributed by atoms with Crippen LogP contribution in [0.3, 0.4) is 0 Å². The first-order valence-electron chi connectivity index (χ1n) is 7.64. The normalized spacial score (nSPS) is 11.3. The molecular weight excluding hydrogens is 322 g/mol. The summed E-state index contributed by atoms with van der Waals surface area (Å²) in [5.41, 5.74) is 6.79. The number of benzene rings is 2. The minimum Gasteiger partial charge on any atom is -0.497 e. The predicted molar refractivity (Wildman–Crippen MR) is 96.2 cm³/mol. The van der Waals surface area contributed by atoms with Crippen LogP contribution in [0.4, 0.5) is 11.4 Å². The first-order chi connectivity index (χ1) is 11.9. The molecule has 0 bridgehead atoms. The summed E-state index contributed by atoms with van der Waals surface area (Å²) in [7, 11) is 3.12. The lowest BCUT2D eigenvalue weighted by Gasteiger charge is -2.18. The molecule has 0 unspecified atom stereocenters. The lowest BCUT2D eigenvalue weighted by Crippen LogP contribution is -2.32. The van der Waals surface area contributed by atoms with E-state index in [1.165, 1.54) is 0 Å². The lowest BCUT2D eigenvalue weighted by atomic mass is 10.2. The Morgan fingerprint density at radius 1 is 1.04 bits per heavy atom. The second-order valence-electron chi connectivity index (χ2n) is 5.36. The van der Waals surface area contributed by atoms with Crippen LogP contribution in [0.25, 0.3) is 0 Å². The number of ether oxygens (including phenoxy) is 2. The summed E-state index contributed by atoms with van der Waals surface area (Å²) >= 11 is 0. The Morgan fingerprint density at radius 3 is 2.28 bits per heavy atom. The Labute approximate surface area is 146 Å². The van der Waals surface area contributed by atoms with Gasteiger partial charge in [0.25, 0.3) is 0 Å². The van der Waals surface area contributed by atoms with Crippen LogP contribution in [0.5, 0.6) is 11.5 Å². The molecule has 1 atom stereocenters. The highest BCUT2D eigenvalue weighted by atomic mass is 16.5. The SMILES string of the molecule is COc1ccc(OC)c(N[C@@H](C)C(=O)Nc2ccc(C(N)=O)cc2)c1. The molecule has 2 aromatic carbocycles. The molecule has 0 aliphatic carbocycles. The van der Waals surface area contributed by atoms with Crippen molar-refractivity contribution in [2.75, 3.05) is 24.9 Å². The van der Waals surface area contributed by atoms with E-state index in [9.17, 15) is 9.59 Å². The fraction of sp³-hybridized carbons (Fsp3) is 0.222. The monoisotopic (exact) mass is 343 g/mol. The number of nitrogens with two attached hydrogens (primary N) is 1. The molecule has 0 fully saturated rings. The molecule has 0 aliphatic rings. The summed E-state index contributed by atoms with van der Waals surface area (Å²) in [4.78, 5) is 23.4. The van der Waals surface area contributed by atoms with Crippen molar-refractivity contribution >= 4 is 23.2 Å². The molecule has 2 amide bonds. The zero-order valence-electron chi connectivity index (χ0n) is 14.3. The molecular formula is C18H21N3O4. The topological polar surface area (TPSA) is 103 Å². The fourth-order valence-electron chi connectivity index (χ4n) is 2.19. The van der Waals surface area contributed by atoms with Crippen LogP contribution in [-0.2, 0) is 4.79 Å². The maximum absolute atomic E-state index is 12.4. The molecule has 0 saturated carbocycles. The molecule has 0 spiro atoms. The van der Waals surface area contributed by atoms with E-state index < -0.39 is 11.9 Å². The molecule has 4 N–H and O–H groups in total. The summed E-state index contributed by atoms with van der Waals surface area (Å²) in [6.07, 6.45) is 0. The number of anilines is 2. The highest BCUT2D eigenvalue weighted by Crippen LogP contribution is 2.29. The number of nitrogens with one attached hydrogen (secondary N) is 2. The average Bonchev–Trinajstić information content (AvgIpc) is 2.61. The van der Waals surface area contributed by atoms with Crippen molar-refractivity contribution in [3.8, 4) is 11.5 Å². The Balaban J connectivity index is 2.06. The van der Waals surface area contributed by atoms with Gasteiger partial charge in [-0.25, -0.2) is 0 Å². The largest absolute Gasteiger partial charge is 0.497 e. The molecule has 0 aliphatic heterocycles. The van der Waals surface area contributed by atoms with Crippen molar-refractivity contribution < 1.29 is 19.1 Å². The van der Waals surface area contributed by atoms with E-state index in [0.717, 1.165) is 0 Å². The molecule has 0 saturated heterocycles. The smallest absolute Gasteiger partial charge is 0.248 e. The summed E-state index contributed by atoms with van der Waals surface area (Å²) in [6, 6.07) is 11.1. The van der Waals surface area contributed by atoms with Crippen LogP contribution in [0, 0.1) is 0 Å². The highest BCUT2D eigenvalue weighted by Gasteiger charge is 2.15. The first-order valence-corrected chi connectivity index (χ1v) is 7.64. The number of carbonyl (C=O) groups excluding carboxylic acids is 2. The standard InChI is InChI=1S/C18H21N3O4/c1-11(20-15-10-14(24-2)8-9-16(15)25-3)18(23)21-13-6-4-12(5-7-13)17(19)22/h4-11,20H,1-3H3,(H2,19,22)(H,21,23)/t11-/m0/s1. The van der Waals surface area contributed by atoms with Crippen LogP contribution in [0.15, 0.2) is 42.5 Å². The minimum atomic E-state index is -0.531. The van der Waals surface area contributed by atoms with E-state index in [2.05, 4.69) is 10.6 Å². The molecule has 25 heavy (non-hydrogen) atoms. The zero-order valence-corrected chi connectivity index (χ0v) is 14.3. The van der Waals surface area contributed by atoms with Crippen LogP contribution < -0.4 is 25.8 Å². The molecule has 0 radical (unpaired) electrons. The van der Waals surface area contributed by atoms with Gasteiger partial charge in [-0.05, 0) is 43.3 Å². The minimum absolute atomic E-state index is 0.239. The molecule has 2 rings (SSSR count). The van der Waals surface area contributed by atoms with Gasteiger partial charge in [0.15, 0.2) is 0 Å². The van der Waals surface area contributed by atoms with Gasteiger partial charge in [0, 0.05) is 17.3 Å². The van der Waals surface area contributed by atoms with Crippen molar-refractivity contribution in [3.63, 3.8) is 0 Å². The van der Waals surface area contributed by atoms with E-state index in [1.54, 1.807) is 63.6 Å². The fourth-order valence-corrected chi connectivity index (χ4v) is 2.19. The molecule has 7 nitrogen and oxygen atoms in total. The predicted octanol–water partition coefficient (Wildman–Crippen LogP) is 2.24. The van der Waals surface area contributed by atoms with Gasteiger partial charge in [0.2, 0.25) is 11.8 Å². The number of rotatable bonds is 7. The number of primary amides is 1. The molecule has 0 aromatic heterocycles. The maximum atomic E-state index is 12.4. The average molecular weight is 343 g/mol. The van der Waals surface area contributed by atoms with E-state index in [1.807, 2.05) is 0 Å². The van der Waals surface area contributed by atoms with Crippen molar-refractivity contribution in [3.05, 3.63) is 48.0 Å². The number of hydrogen-bond donors (Lipinski definition) is 3. The van der Waals surface area contributed by atoms with Gasteiger partial charge in [0.05, 0.1) is 19.9 Å². The highest BCUT2D eigenvalue weighted by molar-refractivity contribution is 5.97. The Kier molecular flexibility index (Phi) is 5.84. The third-order valence-electron chi connectivity index (χ3n) is 3.61. The van der Waals surface area contributed by atoms with Crippen molar-refractivity contribution in [1.82, 2.24) is 0 Å². The number of amides is 2. The van der Waals surface area contributed by atoms with Gasteiger partial charge in [-0.1, -0.05) is 0 Å². The lowest BCUT2D eigenvalue weighted by molar-refractivity contribution is -0.116. The van der Waals surface area contributed by atoms with Crippen molar-refractivity contribution in [1.29, 1.82) is 0 Å². The van der Waals surface area contributed by atoms with E-state index in [4.69, 9.17) is 15.2 Å².